The van der Waals surface area contributed by atoms with E-state index < -0.39 is 0 Å². The highest BCUT2D eigenvalue weighted by molar-refractivity contribution is 8.00. The summed E-state index contributed by atoms with van der Waals surface area (Å²) in [4.78, 5) is 20.4. The van der Waals surface area contributed by atoms with Crippen LogP contribution in [0.1, 0.15) is 51.0 Å². The van der Waals surface area contributed by atoms with Crippen molar-refractivity contribution in [2.75, 3.05) is 18.8 Å². The van der Waals surface area contributed by atoms with E-state index in [4.69, 9.17) is 4.42 Å². The Hall–Kier alpha value is -2.27. The molecular formula is C24H28N2O2S. The monoisotopic (exact) mass is 408 g/mol. The molecule has 2 heterocycles. The predicted octanol–water partition coefficient (Wildman–Crippen LogP) is 5.62. The number of benzene rings is 2. The van der Waals surface area contributed by atoms with Gasteiger partial charge in [0.05, 0.1) is 5.75 Å². The lowest BCUT2D eigenvalue weighted by Crippen LogP contribution is -2.39. The molecule has 0 bridgehead atoms. The molecule has 1 amide bonds. The van der Waals surface area contributed by atoms with Gasteiger partial charge in [-0.1, -0.05) is 45.0 Å². The van der Waals surface area contributed by atoms with Crippen molar-refractivity contribution in [3.05, 3.63) is 60.0 Å². The van der Waals surface area contributed by atoms with Crippen molar-refractivity contribution in [1.29, 1.82) is 0 Å². The Kier molecular flexibility index (Phi) is 5.68. The third kappa shape index (κ3) is 4.67. The van der Waals surface area contributed by atoms with Gasteiger partial charge >= 0.3 is 0 Å². The van der Waals surface area contributed by atoms with Crippen LogP contribution < -0.4 is 0 Å². The number of likely N-dealkylation sites (tertiary alicyclic amines) is 1. The first-order chi connectivity index (χ1) is 13.9. The number of hydrogen-bond donors (Lipinski definition) is 0. The number of hydrogen-bond acceptors (Lipinski definition) is 4. The zero-order valence-corrected chi connectivity index (χ0v) is 18.2. The highest BCUT2D eigenvalue weighted by atomic mass is 32.2. The molecule has 0 radical (unpaired) electrons. The first kappa shape index (κ1) is 20.0. The summed E-state index contributed by atoms with van der Waals surface area (Å²) in [5.74, 6) is 1.81. The van der Waals surface area contributed by atoms with Crippen LogP contribution in [-0.2, 0) is 10.2 Å². The van der Waals surface area contributed by atoms with Gasteiger partial charge < -0.3 is 9.32 Å². The van der Waals surface area contributed by atoms with Gasteiger partial charge in [0, 0.05) is 23.9 Å². The van der Waals surface area contributed by atoms with Crippen molar-refractivity contribution in [3.8, 4) is 0 Å². The Morgan fingerprint density at radius 1 is 1.10 bits per heavy atom. The van der Waals surface area contributed by atoms with Gasteiger partial charge in [-0.25, -0.2) is 4.98 Å². The normalized spacial score (nSPS) is 15.8. The maximum atomic E-state index is 12.6. The summed E-state index contributed by atoms with van der Waals surface area (Å²) in [6.45, 7) is 8.17. The van der Waals surface area contributed by atoms with Gasteiger partial charge in [0.2, 0.25) is 5.91 Å². The molecule has 3 aromatic rings. The van der Waals surface area contributed by atoms with Crippen molar-refractivity contribution in [3.63, 3.8) is 0 Å². The van der Waals surface area contributed by atoms with Gasteiger partial charge in [-0.2, -0.15) is 0 Å². The summed E-state index contributed by atoms with van der Waals surface area (Å²) < 4.78 is 5.92. The van der Waals surface area contributed by atoms with Crippen LogP contribution in [0.5, 0.6) is 0 Å². The van der Waals surface area contributed by atoms with Gasteiger partial charge in [-0.05, 0) is 48.1 Å². The largest absolute Gasteiger partial charge is 0.440 e. The second-order valence-electron chi connectivity index (χ2n) is 8.74. The molecule has 1 fully saturated rings. The summed E-state index contributed by atoms with van der Waals surface area (Å²) in [5, 5.41) is 0. The third-order valence-electron chi connectivity index (χ3n) is 5.59. The Balaban J connectivity index is 1.28. The lowest BCUT2D eigenvalue weighted by atomic mass is 9.87. The molecule has 152 valence electrons. The van der Waals surface area contributed by atoms with Crippen LogP contribution in [0.3, 0.4) is 0 Å². The maximum Gasteiger partial charge on any atom is 0.232 e. The number of fused-ring (bicyclic) bond motifs is 1. The summed E-state index contributed by atoms with van der Waals surface area (Å²) in [7, 11) is 0. The Morgan fingerprint density at radius 2 is 1.79 bits per heavy atom. The van der Waals surface area contributed by atoms with Gasteiger partial charge in [-0.3, -0.25) is 4.79 Å². The average molecular weight is 409 g/mol. The van der Waals surface area contributed by atoms with E-state index in [9.17, 15) is 4.79 Å². The van der Waals surface area contributed by atoms with E-state index in [0.29, 0.717) is 11.7 Å². The number of thioether (sulfide) groups is 1. The van der Waals surface area contributed by atoms with E-state index in [0.717, 1.165) is 47.8 Å². The van der Waals surface area contributed by atoms with Gasteiger partial charge in [0.15, 0.2) is 11.5 Å². The molecule has 0 aliphatic carbocycles. The second-order valence-corrected chi connectivity index (χ2v) is 9.79. The van der Waals surface area contributed by atoms with E-state index in [-0.39, 0.29) is 11.3 Å². The molecule has 1 saturated heterocycles. The number of carbonyl (C=O) groups is 1. The van der Waals surface area contributed by atoms with Crippen molar-refractivity contribution < 1.29 is 9.21 Å². The maximum absolute atomic E-state index is 12.6. The molecule has 2 aromatic carbocycles. The van der Waals surface area contributed by atoms with Crippen LogP contribution in [0.2, 0.25) is 0 Å². The number of rotatable bonds is 4. The van der Waals surface area contributed by atoms with Crippen LogP contribution in [-0.4, -0.2) is 34.6 Å². The van der Waals surface area contributed by atoms with Gasteiger partial charge in [0.1, 0.15) is 5.52 Å². The lowest BCUT2D eigenvalue weighted by molar-refractivity contribution is -0.129. The number of oxazole rings is 1. The summed E-state index contributed by atoms with van der Waals surface area (Å²) in [6.07, 6.45) is 1.81. The molecule has 4 nitrogen and oxygen atoms in total. The van der Waals surface area contributed by atoms with Crippen molar-refractivity contribution in [1.82, 2.24) is 9.88 Å². The van der Waals surface area contributed by atoms with E-state index in [1.165, 1.54) is 5.56 Å². The molecule has 0 unspecified atom stereocenters. The molecule has 1 aromatic heterocycles. The molecule has 1 aliphatic heterocycles. The van der Waals surface area contributed by atoms with Crippen LogP contribution in [0, 0.1) is 0 Å². The minimum Gasteiger partial charge on any atom is -0.440 e. The van der Waals surface area contributed by atoms with E-state index in [1.807, 2.05) is 29.2 Å². The quantitative estimate of drug-likeness (QED) is 0.525. The number of nitrogens with zero attached hydrogens (tertiary/aromatic N) is 2. The topological polar surface area (TPSA) is 46.3 Å². The van der Waals surface area contributed by atoms with Crippen molar-refractivity contribution >= 4 is 28.8 Å². The fourth-order valence-electron chi connectivity index (χ4n) is 3.73. The number of carbonyl (C=O) groups excluding carboxylic acids is 1. The molecule has 0 saturated carbocycles. The highest BCUT2D eigenvalue weighted by Crippen LogP contribution is 2.31. The number of para-hydroxylation sites is 2. The molecule has 1 aliphatic rings. The minimum absolute atomic E-state index is 0.151. The van der Waals surface area contributed by atoms with Crippen LogP contribution >= 0.6 is 11.8 Å². The SMILES string of the molecule is CC(C)(C)c1ccc(SCC(=O)N2CCC(c3nc4ccccc4o3)CC2)cc1. The molecule has 29 heavy (non-hydrogen) atoms. The van der Waals surface area contributed by atoms with E-state index in [1.54, 1.807) is 11.8 Å². The van der Waals surface area contributed by atoms with Crippen molar-refractivity contribution in [2.45, 2.75) is 49.8 Å². The second kappa shape index (κ2) is 8.23. The predicted molar refractivity (Wildman–Crippen MR) is 118 cm³/mol. The summed E-state index contributed by atoms with van der Waals surface area (Å²) >= 11 is 1.62. The molecule has 5 heteroatoms. The number of aromatic nitrogens is 1. The summed E-state index contributed by atoms with van der Waals surface area (Å²) in [6, 6.07) is 16.5. The van der Waals surface area contributed by atoms with Gasteiger partial charge in [0.25, 0.3) is 0 Å². The Morgan fingerprint density at radius 3 is 2.45 bits per heavy atom. The van der Waals surface area contributed by atoms with Crippen molar-refractivity contribution in [2.24, 2.45) is 0 Å². The van der Waals surface area contributed by atoms with Gasteiger partial charge in [-0.15, -0.1) is 11.8 Å². The number of piperidine rings is 1. The van der Waals surface area contributed by atoms with Crippen LogP contribution in [0.15, 0.2) is 57.8 Å². The summed E-state index contributed by atoms with van der Waals surface area (Å²) in [5.41, 5.74) is 3.22. The first-order valence-electron chi connectivity index (χ1n) is 10.3. The van der Waals surface area contributed by atoms with Crippen LogP contribution in [0.4, 0.5) is 0 Å². The van der Waals surface area contributed by atoms with Crippen LogP contribution in [0.25, 0.3) is 11.1 Å². The fourth-order valence-corrected chi connectivity index (χ4v) is 4.53. The molecule has 0 N–H and O–H groups in total. The molecule has 0 spiro atoms. The number of amides is 1. The highest BCUT2D eigenvalue weighted by Gasteiger charge is 2.27. The Bertz CT molecular complexity index is 947. The zero-order chi connectivity index (χ0) is 20.4. The molecule has 4 rings (SSSR count). The third-order valence-corrected chi connectivity index (χ3v) is 6.59. The smallest absolute Gasteiger partial charge is 0.232 e. The molecule has 0 atom stereocenters. The van der Waals surface area contributed by atoms with E-state index in [2.05, 4.69) is 50.0 Å². The zero-order valence-electron chi connectivity index (χ0n) is 17.4. The first-order valence-corrected chi connectivity index (χ1v) is 11.3. The Labute approximate surface area is 176 Å². The minimum atomic E-state index is 0.151. The van der Waals surface area contributed by atoms with E-state index >= 15 is 0 Å². The lowest BCUT2D eigenvalue weighted by Gasteiger charge is -2.30. The fraction of sp³-hybridized carbons (Fsp3) is 0.417. The standard InChI is InChI=1S/C24H28N2O2S/c1-24(2,3)18-8-10-19(11-9-18)29-16-22(27)26-14-12-17(13-15-26)23-25-20-6-4-5-7-21(20)28-23/h4-11,17H,12-16H2,1-3H3. The molecular weight excluding hydrogens is 380 g/mol. The average Bonchev–Trinajstić information content (AvgIpc) is 3.16.